The molecule has 0 spiro atoms. The van der Waals surface area contributed by atoms with Crippen molar-refractivity contribution in [1.82, 2.24) is 5.32 Å². The molecule has 116 valence electrons. The molecule has 0 saturated heterocycles. The standard InChI is InChI=1S/C16H22ClNO3/c1-11(21-15-9-5-3-7-13(15)17)16(20)18-10-12-6-2-4-8-14(12)19/h3,5,7,9,11-12,14,19H,2,4,6,8,10H2,1H3,(H,18,20). The summed E-state index contributed by atoms with van der Waals surface area (Å²) in [6.07, 6.45) is 3.04. The second kappa shape index (κ2) is 7.66. The molecule has 1 aromatic carbocycles. The van der Waals surface area contributed by atoms with Gasteiger partial charge in [-0.1, -0.05) is 36.6 Å². The first-order chi connectivity index (χ1) is 10.1. The fraction of sp³-hybridized carbons (Fsp3) is 0.562. The van der Waals surface area contributed by atoms with E-state index in [1.807, 2.05) is 12.1 Å². The van der Waals surface area contributed by atoms with Gasteiger partial charge in [0.1, 0.15) is 5.75 Å². The molecule has 2 rings (SSSR count). The lowest BCUT2D eigenvalue weighted by Gasteiger charge is -2.28. The Morgan fingerprint density at radius 2 is 2.14 bits per heavy atom. The van der Waals surface area contributed by atoms with Crippen LogP contribution in [0.3, 0.4) is 0 Å². The molecule has 1 aliphatic carbocycles. The van der Waals surface area contributed by atoms with E-state index in [-0.39, 0.29) is 17.9 Å². The van der Waals surface area contributed by atoms with Crippen molar-refractivity contribution >= 4 is 17.5 Å². The highest BCUT2D eigenvalue weighted by atomic mass is 35.5. The molecule has 0 aliphatic heterocycles. The Morgan fingerprint density at radius 1 is 1.43 bits per heavy atom. The summed E-state index contributed by atoms with van der Waals surface area (Å²) in [6.45, 7) is 2.19. The Kier molecular flexibility index (Phi) is 5.88. The molecule has 0 heterocycles. The van der Waals surface area contributed by atoms with Gasteiger partial charge in [0.25, 0.3) is 5.91 Å². The zero-order chi connectivity index (χ0) is 15.2. The number of hydrogen-bond donors (Lipinski definition) is 2. The molecule has 3 atom stereocenters. The van der Waals surface area contributed by atoms with E-state index >= 15 is 0 Å². The van der Waals surface area contributed by atoms with Crippen LogP contribution in [0.25, 0.3) is 0 Å². The molecule has 1 saturated carbocycles. The van der Waals surface area contributed by atoms with E-state index in [9.17, 15) is 9.90 Å². The normalized spacial score (nSPS) is 23.4. The quantitative estimate of drug-likeness (QED) is 0.879. The lowest BCUT2D eigenvalue weighted by molar-refractivity contribution is -0.127. The number of ether oxygens (including phenoxy) is 1. The molecular formula is C16H22ClNO3. The molecule has 2 N–H and O–H groups in total. The van der Waals surface area contributed by atoms with Gasteiger partial charge in [0.2, 0.25) is 0 Å². The molecule has 0 aromatic heterocycles. The van der Waals surface area contributed by atoms with E-state index in [0.717, 1.165) is 25.7 Å². The monoisotopic (exact) mass is 311 g/mol. The van der Waals surface area contributed by atoms with Crippen molar-refractivity contribution in [2.75, 3.05) is 6.54 Å². The van der Waals surface area contributed by atoms with Gasteiger partial charge in [0.05, 0.1) is 11.1 Å². The third kappa shape index (κ3) is 4.61. The van der Waals surface area contributed by atoms with Crippen molar-refractivity contribution in [3.05, 3.63) is 29.3 Å². The molecule has 5 heteroatoms. The summed E-state index contributed by atoms with van der Waals surface area (Å²) in [5.41, 5.74) is 0. The number of aliphatic hydroxyl groups excluding tert-OH is 1. The van der Waals surface area contributed by atoms with Gasteiger partial charge < -0.3 is 15.2 Å². The maximum Gasteiger partial charge on any atom is 0.260 e. The molecule has 1 aromatic rings. The third-order valence-electron chi connectivity index (χ3n) is 3.92. The van der Waals surface area contributed by atoms with E-state index < -0.39 is 6.10 Å². The summed E-state index contributed by atoms with van der Waals surface area (Å²) < 4.78 is 5.57. The minimum atomic E-state index is -0.620. The Bertz CT molecular complexity index is 480. The molecule has 21 heavy (non-hydrogen) atoms. The first kappa shape index (κ1) is 16.1. The molecule has 0 bridgehead atoms. The predicted molar refractivity (Wildman–Crippen MR) is 82.5 cm³/mol. The van der Waals surface area contributed by atoms with Gasteiger partial charge in [0, 0.05) is 12.5 Å². The van der Waals surface area contributed by atoms with Crippen LogP contribution in [0.1, 0.15) is 32.6 Å². The second-order valence-corrected chi connectivity index (χ2v) is 5.95. The van der Waals surface area contributed by atoms with Crippen LogP contribution in [0.15, 0.2) is 24.3 Å². The first-order valence-corrected chi connectivity index (χ1v) is 7.82. The number of aliphatic hydroxyl groups is 1. The topological polar surface area (TPSA) is 58.6 Å². The smallest absolute Gasteiger partial charge is 0.260 e. The highest BCUT2D eigenvalue weighted by molar-refractivity contribution is 6.32. The fourth-order valence-corrected chi connectivity index (χ4v) is 2.77. The molecular weight excluding hydrogens is 290 g/mol. The van der Waals surface area contributed by atoms with Crippen LogP contribution >= 0.6 is 11.6 Å². The maximum atomic E-state index is 12.0. The molecule has 4 nitrogen and oxygen atoms in total. The molecule has 1 amide bonds. The number of carbonyl (C=O) groups is 1. The number of nitrogens with one attached hydrogen (secondary N) is 1. The first-order valence-electron chi connectivity index (χ1n) is 7.45. The van der Waals surface area contributed by atoms with Crippen LogP contribution in [-0.4, -0.2) is 29.8 Å². The van der Waals surface area contributed by atoms with Crippen molar-refractivity contribution in [2.24, 2.45) is 5.92 Å². The fourth-order valence-electron chi connectivity index (χ4n) is 2.59. The largest absolute Gasteiger partial charge is 0.479 e. The van der Waals surface area contributed by atoms with Crippen molar-refractivity contribution in [3.63, 3.8) is 0 Å². The van der Waals surface area contributed by atoms with Crippen LogP contribution < -0.4 is 10.1 Å². The van der Waals surface area contributed by atoms with Gasteiger partial charge in [-0.15, -0.1) is 0 Å². The lowest BCUT2D eigenvalue weighted by atomic mass is 9.86. The van der Waals surface area contributed by atoms with Crippen LogP contribution in [0.2, 0.25) is 5.02 Å². The zero-order valence-corrected chi connectivity index (χ0v) is 13.0. The average molecular weight is 312 g/mol. The Hall–Kier alpha value is -1.26. The Labute approximate surface area is 130 Å². The lowest BCUT2D eigenvalue weighted by Crippen LogP contribution is -2.42. The highest BCUT2D eigenvalue weighted by Gasteiger charge is 2.24. The van der Waals surface area contributed by atoms with Crippen LogP contribution in [0.5, 0.6) is 5.75 Å². The SMILES string of the molecule is CC(Oc1ccccc1Cl)C(=O)NCC1CCCCC1O. The van der Waals surface area contributed by atoms with Crippen molar-refractivity contribution < 1.29 is 14.6 Å². The minimum Gasteiger partial charge on any atom is -0.479 e. The van der Waals surface area contributed by atoms with Crippen molar-refractivity contribution in [3.8, 4) is 5.75 Å². The average Bonchev–Trinajstić information content (AvgIpc) is 2.48. The number of rotatable bonds is 5. The van der Waals surface area contributed by atoms with Gasteiger partial charge in [-0.2, -0.15) is 0 Å². The summed E-state index contributed by atoms with van der Waals surface area (Å²) in [5.74, 6) is 0.461. The number of carbonyl (C=O) groups excluding carboxylic acids is 1. The number of amides is 1. The van der Waals surface area contributed by atoms with E-state index in [0.29, 0.717) is 17.3 Å². The van der Waals surface area contributed by atoms with Gasteiger partial charge >= 0.3 is 0 Å². The predicted octanol–water partition coefficient (Wildman–Crippen LogP) is 2.77. The number of benzene rings is 1. The van der Waals surface area contributed by atoms with E-state index in [4.69, 9.17) is 16.3 Å². The minimum absolute atomic E-state index is 0.148. The van der Waals surface area contributed by atoms with Crippen LogP contribution in [-0.2, 0) is 4.79 Å². The van der Waals surface area contributed by atoms with Crippen molar-refractivity contribution in [1.29, 1.82) is 0 Å². The zero-order valence-electron chi connectivity index (χ0n) is 12.2. The molecule has 1 fully saturated rings. The number of halogens is 1. The van der Waals surface area contributed by atoms with Crippen LogP contribution in [0.4, 0.5) is 0 Å². The van der Waals surface area contributed by atoms with Crippen molar-refractivity contribution in [2.45, 2.75) is 44.8 Å². The van der Waals surface area contributed by atoms with E-state index in [1.54, 1.807) is 19.1 Å². The third-order valence-corrected chi connectivity index (χ3v) is 4.23. The Morgan fingerprint density at radius 3 is 2.86 bits per heavy atom. The maximum absolute atomic E-state index is 12.0. The summed E-state index contributed by atoms with van der Waals surface area (Å²) in [5, 5.41) is 13.2. The van der Waals surface area contributed by atoms with E-state index in [1.165, 1.54) is 0 Å². The van der Waals surface area contributed by atoms with E-state index in [2.05, 4.69) is 5.32 Å². The molecule has 3 unspecified atom stereocenters. The van der Waals surface area contributed by atoms with Gasteiger partial charge in [-0.3, -0.25) is 4.79 Å². The van der Waals surface area contributed by atoms with Gasteiger partial charge in [0.15, 0.2) is 6.10 Å². The van der Waals surface area contributed by atoms with Crippen LogP contribution in [0, 0.1) is 5.92 Å². The number of para-hydroxylation sites is 1. The molecule has 1 aliphatic rings. The van der Waals surface area contributed by atoms with Gasteiger partial charge in [-0.25, -0.2) is 0 Å². The summed E-state index contributed by atoms with van der Waals surface area (Å²) in [4.78, 5) is 12.0. The second-order valence-electron chi connectivity index (χ2n) is 5.55. The summed E-state index contributed by atoms with van der Waals surface area (Å²) in [6, 6.07) is 7.07. The molecule has 0 radical (unpaired) electrons. The summed E-state index contributed by atoms with van der Waals surface area (Å²) >= 11 is 6.00. The van der Waals surface area contributed by atoms with Gasteiger partial charge in [-0.05, 0) is 31.9 Å². The number of hydrogen-bond acceptors (Lipinski definition) is 3. The Balaban J connectivity index is 1.81. The highest BCUT2D eigenvalue weighted by Crippen LogP contribution is 2.25. The summed E-state index contributed by atoms with van der Waals surface area (Å²) in [7, 11) is 0.